The number of carboxylic acid groups (broad SMARTS) is 1. The van der Waals surface area contributed by atoms with Crippen LogP contribution in [0.5, 0.6) is 0 Å². The average Bonchev–Trinajstić information content (AvgIpc) is 2.28. The molecular weight excluding hydrogens is 228 g/mol. The van der Waals surface area contributed by atoms with Crippen molar-refractivity contribution in [1.29, 1.82) is 0 Å². The van der Waals surface area contributed by atoms with Crippen LogP contribution >= 0.6 is 0 Å². The first kappa shape index (κ1) is 15.5. The minimum Gasteiger partial charge on any atom is -0.481 e. The second-order valence-electron chi connectivity index (χ2n) is 6.24. The van der Waals surface area contributed by atoms with Gasteiger partial charge in [0.15, 0.2) is 0 Å². The third-order valence-corrected chi connectivity index (χ3v) is 4.54. The topological polar surface area (TPSA) is 57.5 Å². The lowest BCUT2D eigenvalue weighted by Gasteiger charge is -2.42. The fourth-order valence-electron chi connectivity index (χ4n) is 3.24. The third-order valence-electron chi connectivity index (χ3n) is 4.54. The van der Waals surface area contributed by atoms with Gasteiger partial charge in [-0.3, -0.25) is 4.79 Å². The first-order valence-electron chi connectivity index (χ1n) is 7.36. The Hall–Kier alpha value is -0.570. The summed E-state index contributed by atoms with van der Waals surface area (Å²) in [6.45, 7) is 6.39. The Balaban J connectivity index is 2.77. The van der Waals surface area contributed by atoms with E-state index in [2.05, 4.69) is 20.8 Å². The number of rotatable bonds is 6. The maximum absolute atomic E-state index is 11.4. The van der Waals surface area contributed by atoms with Gasteiger partial charge in [0, 0.05) is 0 Å². The molecule has 0 aromatic rings. The van der Waals surface area contributed by atoms with Gasteiger partial charge in [-0.2, -0.15) is 0 Å². The number of hydrogen-bond acceptors (Lipinski definition) is 2. The van der Waals surface area contributed by atoms with Gasteiger partial charge in [-0.1, -0.05) is 40.0 Å². The Kier molecular flexibility index (Phi) is 5.64. The summed E-state index contributed by atoms with van der Waals surface area (Å²) >= 11 is 0. The summed E-state index contributed by atoms with van der Waals surface area (Å²) in [5.41, 5.74) is -0.978. The van der Waals surface area contributed by atoms with Crippen LogP contribution < -0.4 is 0 Å². The predicted octanol–water partition coefficient (Wildman–Crippen LogP) is 3.45. The summed E-state index contributed by atoms with van der Waals surface area (Å²) < 4.78 is 0. The van der Waals surface area contributed by atoms with Crippen LogP contribution in [0.15, 0.2) is 0 Å². The first-order valence-corrected chi connectivity index (χ1v) is 7.36. The molecule has 18 heavy (non-hydrogen) atoms. The highest BCUT2D eigenvalue weighted by Crippen LogP contribution is 2.42. The van der Waals surface area contributed by atoms with Gasteiger partial charge in [0.25, 0.3) is 0 Å². The van der Waals surface area contributed by atoms with Crippen molar-refractivity contribution < 1.29 is 15.0 Å². The molecule has 2 N–H and O–H groups in total. The zero-order valence-electron chi connectivity index (χ0n) is 12.0. The fourth-order valence-corrected chi connectivity index (χ4v) is 3.24. The van der Waals surface area contributed by atoms with Crippen LogP contribution in [0.4, 0.5) is 0 Å². The molecule has 3 nitrogen and oxygen atoms in total. The van der Waals surface area contributed by atoms with E-state index in [1.165, 1.54) is 0 Å². The molecule has 0 spiro atoms. The normalized spacial score (nSPS) is 30.4. The average molecular weight is 256 g/mol. The van der Waals surface area contributed by atoms with Crippen LogP contribution in [-0.4, -0.2) is 21.8 Å². The number of hydrogen-bond donors (Lipinski definition) is 2. The molecule has 3 unspecified atom stereocenters. The number of unbranched alkanes of at least 4 members (excludes halogenated alkanes) is 1. The third kappa shape index (κ3) is 3.71. The van der Waals surface area contributed by atoms with E-state index in [-0.39, 0.29) is 0 Å². The van der Waals surface area contributed by atoms with Crippen LogP contribution in [0, 0.1) is 17.8 Å². The summed E-state index contributed by atoms with van der Waals surface area (Å²) in [5.74, 6) is -0.418. The monoisotopic (exact) mass is 256 g/mol. The van der Waals surface area contributed by atoms with Crippen molar-refractivity contribution in [3.05, 3.63) is 0 Å². The number of aliphatic carboxylic acids is 1. The molecule has 0 heterocycles. The van der Waals surface area contributed by atoms with Gasteiger partial charge in [-0.15, -0.1) is 0 Å². The Labute approximate surface area is 111 Å². The quantitative estimate of drug-likeness (QED) is 0.765. The van der Waals surface area contributed by atoms with E-state index in [9.17, 15) is 15.0 Å². The van der Waals surface area contributed by atoms with Crippen LogP contribution in [0.25, 0.3) is 0 Å². The van der Waals surface area contributed by atoms with Gasteiger partial charge >= 0.3 is 5.97 Å². The predicted molar refractivity (Wildman–Crippen MR) is 72.4 cm³/mol. The highest BCUT2D eigenvalue weighted by atomic mass is 16.4. The van der Waals surface area contributed by atoms with E-state index in [0.29, 0.717) is 31.1 Å². The van der Waals surface area contributed by atoms with E-state index >= 15 is 0 Å². The highest BCUT2D eigenvalue weighted by Gasteiger charge is 2.44. The van der Waals surface area contributed by atoms with Crippen LogP contribution in [0.1, 0.15) is 65.7 Å². The van der Waals surface area contributed by atoms with Gasteiger partial charge in [0.1, 0.15) is 0 Å². The molecule has 3 heteroatoms. The lowest BCUT2D eigenvalue weighted by atomic mass is 9.67. The summed E-state index contributed by atoms with van der Waals surface area (Å²) in [5, 5.41) is 20.1. The molecule has 3 atom stereocenters. The summed E-state index contributed by atoms with van der Waals surface area (Å²) in [6.07, 6.45) is 5.85. The maximum Gasteiger partial charge on any atom is 0.309 e. The second-order valence-corrected chi connectivity index (χ2v) is 6.24. The molecule has 0 radical (unpaired) electrons. The van der Waals surface area contributed by atoms with E-state index < -0.39 is 17.5 Å². The van der Waals surface area contributed by atoms with Crippen molar-refractivity contribution in [3.8, 4) is 0 Å². The zero-order chi connectivity index (χ0) is 13.8. The number of carboxylic acids is 1. The lowest BCUT2D eigenvalue weighted by molar-refractivity contribution is -0.157. The van der Waals surface area contributed by atoms with Crippen molar-refractivity contribution in [2.75, 3.05) is 0 Å². The molecule has 0 saturated heterocycles. The maximum atomic E-state index is 11.4. The van der Waals surface area contributed by atoms with Gasteiger partial charge in [-0.05, 0) is 37.5 Å². The van der Waals surface area contributed by atoms with Gasteiger partial charge in [0.2, 0.25) is 0 Å². The Morgan fingerprint density at radius 2 is 2.11 bits per heavy atom. The molecule has 106 valence electrons. The molecule has 1 fully saturated rings. The van der Waals surface area contributed by atoms with E-state index in [1.54, 1.807) is 0 Å². The lowest BCUT2D eigenvalue weighted by Crippen LogP contribution is -2.46. The first-order chi connectivity index (χ1) is 8.40. The van der Waals surface area contributed by atoms with E-state index in [0.717, 1.165) is 25.7 Å². The Bertz CT molecular complexity index is 275. The molecule has 1 saturated carbocycles. The molecule has 0 aliphatic heterocycles. The summed E-state index contributed by atoms with van der Waals surface area (Å²) in [7, 11) is 0. The Morgan fingerprint density at radius 1 is 1.44 bits per heavy atom. The molecule has 1 aliphatic carbocycles. The Morgan fingerprint density at radius 3 is 2.61 bits per heavy atom. The molecule has 0 amide bonds. The molecule has 0 aromatic heterocycles. The van der Waals surface area contributed by atoms with Crippen molar-refractivity contribution in [2.45, 2.75) is 71.3 Å². The summed E-state index contributed by atoms with van der Waals surface area (Å²) in [4.78, 5) is 11.4. The van der Waals surface area contributed by atoms with Gasteiger partial charge in [0.05, 0.1) is 11.5 Å². The number of carbonyl (C=O) groups is 1. The fraction of sp³-hybridized carbons (Fsp3) is 0.933. The van der Waals surface area contributed by atoms with Crippen molar-refractivity contribution >= 4 is 5.97 Å². The van der Waals surface area contributed by atoms with Crippen LogP contribution in [0.3, 0.4) is 0 Å². The SMILES string of the molecule is CCCCC(C(=O)O)C1(O)CCCC(C(C)C)C1. The largest absolute Gasteiger partial charge is 0.481 e. The molecule has 0 bridgehead atoms. The van der Waals surface area contributed by atoms with E-state index in [1.807, 2.05) is 0 Å². The van der Waals surface area contributed by atoms with Crippen molar-refractivity contribution in [3.63, 3.8) is 0 Å². The standard InChI is InChI=1S/C15H28O3/c1-4-5-8-13(14(16)17)15(18)9-6-7-12(10-15)11(2)3/h11-13,18H,4-10H2,1-3H3,(H,16,17). The smallest absolute Gasteiger partial charge is 0.309 e. The van der Waals surface area contributed by atoms with E-state index in [4.69, 9.17) is 0 Å². The van der Waals surface area contributed by atoms with Crippen LogP contribution in [-0.2, 0) is 4.79 Å². The summed E-state index contributed by atoms with van der Waals surface area (Å²) in [6, 6.07) is 0. The minimum atomic E-state index is -0.978. The highest BCUT2D eigenvalue weighted by molar-refractivity contribution is 5.71. The van der Waals surface area contributed by atoms with Crippen molar-refractivity contribution in [2.24, 2.45) is 17.8 Å². The van der Waals surface area contributed by atoms with Crippen LogP contribution in [0.2, 0.25) is 0 Å². The molecular formula is C15H28O3. The molecule has 0 aromatic carbocycles. The molecule has 1 aliphatic rings. The minimum absolute atomic E-state index is 0.465. The number of aliphatic hydroxyl groups is 1. The van der Waals surface area contributed by atoms with Gasteiger partial charge in [-0.25, -0.2) is 0 Å². The molecule has 1 rings (SSSR count). The second kappa shape index (κ2) is 6.55. The van der Waals surface area contributed by atoms with Gasteiger partial charge < -0.3 is 10.2 Å². The van der Waals surface area contributed by atoms with Crippen molar-refractivity contribution in [1.82, 2.24) is 0 Å². The zero-order valence-corrected chi connectivity index (χ0v) is 12.0.